The van der Waals surface area contributed by atoms with Crippen LogP contribution in [0.25, 0.3) is 0 Å². The molecule has 0 aromatic heterocycles. The zero-order chi connectivity index (χ0) is 13.7. The molecule has 1 N–H and O–H groups in total. The number of rotatable bonds is 5. The minimum absolute atomic E-state index is 0. The van der Waals surface area contributed by atoms with Gasteiger partial charge in [-0.3, -0.25) is 4.90 Å². The quantitative estimate of drug-likeness (QED) is 0.740. The zero-order valence-electron chi connectivity index (χ0n) is 11.9. The van der Waals surface area contributed by atoms with Crippen molar-refractivity contribution in [3.63, 3.8) is 0 Å². The van der Waals surface area contributed by atoms with Gasteiger partial charge in [0.05, 0.1) is 0 Å². The monoisotopic (exact) mass is 398 g/mol. The molecular weight excluding hydrogens is 378 g/mol. The molecule has 1 aliphatic heterocycles. The van der Waals surface area contributed by atoms with Crippen LogP contribution in [0.15, 0.2) is 35.3 Å². The minimum Gasteiger partial charge on any atom is -0.314 e. The van der Waals surface area contributed by atoms with Gasteiger partial charge in [-0.05, 0) is 36.6 Å². The van der Waals surface area contributed by atoms with Gasteiger partial charge in [0, 0.05) is 36.7 Å². The topological polar surface area (TPSA) is 15.3 Å². The van der Waals surface area contributed by atoms with Gasteiger partial charge in [-0.25, -0.2) is 4.39 Å². The molecule has 1 aromatic carbocycles. The van der Waals surface area contributed by atoms with E-state index in [1.54, 1.807) is 12.1 Å². The van der Waals surface area contributed by atoms with E-state index in [2.05, 4.69) is 32.7 Å². The van der Waals surface area contributed by atoms with Crippen molar-refractivity contribution in [3.05, 3.63) is 46.7 Å². The van der Waals surface area contributed by atoms with E-state index in [1.165, 1.54) is 6.07 Å². The molecule has 2 rings (SSSR count). The van der Waals surface area contributed by atoms with E-state index < -0.39 is 0 Å². The summed E-state index contributed by atoms with van der Waals surface area (Å²) in [6.45, 7) is 7.80. The molecule has 0 saturated carbocycles. The second-order valence-electron chi connectivity index (χ2n) is 4.83. The summed E-state index contributed by atoms with van der Waals surface area (Å²) >= 11 is 3.55. The Morgan fingerprint density at radius 1 is 1.33 bits per heavy atom. The Hall–Kier alpha value is -0.130. The molecule has 0 spiro atoms. The van der Waals surface area contributed by atoms with Gasteiger partial charge in [-0.15, -0.1) is 31.4 Å². The van der Waals surface area contributed by atoms with Crippen LogP contribution in [0.1, 0.15) is 24.4 Å². The largest absolute Gasteiger partial charge is 0.314 e. The third kappa shape index (κ3) is 5.87. The van der Waals surface area contributed by atoms with E-state index in [0.717, 1.165) is 49.1 Å². The highest BCUT2D eigenvalue weighted by Gasteiger charge is 2.23. The second kappa shape index (κ2) is 10.6. The summed E-state index contributed by atoms with van der Waals surface area (Å²) in [6.07, 6.45) is 3.85. The smallest absolute Gasteiger partial charge is 0.123 e. The molecule has 0 unspecified atom stereocenters. The average Bonchev–Trinajstić information content (AvgIpc) is 2.44. The van der Waals surface area contributed by atoms with E-state index in [4.69, 9.17) is 0 Å². The van der Waals surface area contributed by atoms with Crippen LogP contribution in [0.3, 0.4) is 0 Å². The number of halogens is 4. The van der Waals surface area contributed by atoms with E-state index in [1.807, 2.05) is 6.08 Å². The molecule has 1 fully saturated rings. The number of benzene rings is 1. The first-order valence-corrected chi connectivity index (χ1v) is 7.52. The highest BCUT2D eigenvalue weighted by Crippen LogP contribution is 2.32. The lowest BCUT2D eigenvalue weighted by Crippen LogP contribution is -2.45. The number of nitrogens with zero attached hydrogens (tertiary/aromatic N) is 1. The maximum Gasteiger partial charge on any atom is 0.123 e. The van der Waals surface area contributed by atoms with Gasteiger partial charge in [0.25, 0.3) is 0 Å². The van der Waals surface area contributed by atoms with Crippen molar-refractivity contribution in [2.24, 2.45) is 0 Å². The molecule has 0 aliphatic carbocycles. The Morgan fingerprint density at radius 2 is 2.00 bits per heavy atom. The molecule has 1 aliphatic rings. The van der Waals surface area contributed by atoms with Gasteiger partial charge < -0.3 is 5.32 Å². The van der Waals surface area contributed by atoms with Gasteiger partial charge in [0.1, 0.15) is 5.82 Å². The normalized spacial score (nSPS) is 16.5. The summed E-state index contributed by atoms with van der Waals surface area (Å²) < 4.78 is 14.5. The summed E-state index contributed by atoms with van der Waals surface area (Å²) in [7, 11) is 0. The summed E-state index contributed by atoms with van der Waals surface area (Å²) in [5.74, 6) is -0.170. The first kappa shape index (κ1) is 20.9. The SMILES string of the molecule is C=CCC[C@@H](c1cc(F)ccc1Br)N1CCNCC1.Cl.Cl. The highest BCUT2D eigenvalue weighted by atomic mass is 79.9. The second-order valence-corrected chi connectivity index (χ2v) is 5.69. The summed E-state index contributed by atoms with van der Waals surface area (Å²) in [5.41, 5.74) is 1.05. The lowest BCUT2D eigenvalue weighted by atomic mass is 9.99. The lowest BCUT2D eigenvalue weighted by molar-refractivity contribution is 0.165. The van der Waals surface area contributed by atoms with Crippen molar-refractivity contribution >= 4 is 40.7 Å². The predicted octanol–water partition coefficient (Wildman–Crippen LogP) is 4.34. The fourth-order valence-electron chi connectivity index (χ4n) is 2.57. The molecule has 1 aromatic rings. The van der Waals surface area contributed by atoms with Crippen LogP contribution < -0.4 is 5.32 Å². The molecule has 0 radical (unpaired) electrons. The van der Waals surface area contributed by atoms with Gasteiger partial charge in [-0.2, -0.15) is 0 Å². The maximum atomic E-state index is 13.5. The molecule has 0 bridgehead atoms. The summed E-state index contributed by atoms with van der Waals surface area (Å²) in [6, 6.07) is 5.20. The Morgan fingerprint density at radius 3 is 2.62 bits per heavy atom. The van der Waals surface area contributed by atoms with Crippen molar-refractivity contribution < 1.29 is 4.39 Å². The fourth-order valence-corrected chi connectivity index (χ4v) is 3.09. The molecule has 6 heteroatoms. The Bertz CT molecular complexity index is 440. The van der Waals surface area contributed by atoms with E-state index in [-0.39, 0.29) is 36.7 Å². The van der Waals surface area contributed by atoms with Crippen LogP contribution in [0.5, 0.6) is 0 Å². The molecular formula is C15H22BrCl2FN2. The van der Waals surface area contributed by atoms with Crippen LogP contribution in [-0.2, 0) is 0 Å². The van der Waals surface area contributed by atoms with Crippen molar-refractivity contribution in [1.29, 1.82) is 0 Å². The van der Waals surface area contributed by atoms with E-state index in [9.17, 15) is 4.39 Å². The number of allylic oxidation sites excluding steroid dienone is 1. The standard InChI is InChI=1S/C15H20BrFN2.2ClH/c1-2-3-4-15(19-9-7-18-8-10-19)13-11-12(17)5-6-14(13)16;;/h2,5-6,11,15,18H,1,3-4,7-10H2;2*1H/t15-;;/m0../s1. The molecule has 0 amide bonds. The molecule has 1 heterocycles. The summed E-state index contributed by atoms with van der Waals surface area (Å²) in [5, 5.41) is 3.36. The maximum absolute atomic E-state index is 13.5. The van der Waals surface area contributed by atoms with Crippen LogP contribution in [0, 0.1) is 5.82 Å². The third-order valence-electron chi connectivity index (χ3n) is 3.55. The minimum atomic E-state index is -0.170. The van der Waals surface area contributed by atoms with Crippen LogP contribution in [0.2, 0.25) is 0 Å². The number of hydrogen-bond acceptors (Lipinski definition) is 2. The predicted molar refractivity (Wildman–Crippen MR) is 95.2 cm³/mol. The fraction of sp³-hybridized carbons (Fsp3) is 0.467. The highest BCUT2D eigenvalue weighted by molar-refractivity contribution is 9.10. The zero-order valence-corrected chi connectivity index (χ0v) is 15.1. The van der Waals surface area contributed by atoms with E-state index in [0.29, 0.717) is 0 Å². The van der Waals surface area contributed by atoms with Gasteiger partial charge in [0.15, 0.2) is 0 Å². The first-order valence-electron chi connectivity index (χ1n) is 6.73. The number of hydrogen-bond donors (Lipinski definition) is 1. The Kier molecular flexibility index (Phi) is 10.5. The molecule has 21 heavy (non-hydrogen) atoms. The average molecular weight is 400 g/mol. The first-order chi connectivity index (χ1) is 9.22. The molecule has 1 atom stereocenters. The third-order valence-corrected chi connectivity index (χ3v) is 4.28. The Balaban J connectivity index is 0.00000200. The number of nitrogens with one attached hydrogen (secondary N) is 1. The molecule has 120 valence electrons. The van der Waals surface area contributed by atoms with Gasteiger partial charge in [0.2, 0.25) is 0 Å². The van der Waals surface area contributed by atoms with Crippen molar-refractivity contribution in [2.75, 3.05) is 26.2 Å². The van der Waals surface area contributed by atoms with Crippen molar-refractivity contribution in [2.45, 2.75) is 18.9 Å². The molecule has 2 nitrogen and oxygen atoms in total. The Labute approximate surface area is 147 Å². The summed E-state index contributed by atoms with van der Waals surface area (Å²) in [4.78, 5) is 2.43. The van der Waals surface area contributed by atoms with E-state index >= 15 is 0 Å². The number of piperazine rings is 1. The van der Waals surface area contributed by atoms with Gasteiger partial charge >= 0.3 is 0 Å². The van der Waals surface area contributed by atoms with Crippen LogP contribution >= 0.6 is 40.7 Å². The molecule has 1 saturated heterocycles. The van der Waals surface area contributed by atoms with Crippen molar-refractivity contribution in [1.82, 2.24) is 10.2 Å². The van der Waals surface area contributed by atoms with Crippen LogP contribution in [0.4, 0.5) is 4.39 Å². The van der Waals surface area contributed by atoms with Gasteiger partial charge in [-0.1, -0.05) is 22.0 Å². The van der Waals surface area contributed by atoms with Crippen LogP contribution in [-0.4, -0.2) is 31.1 Å². The van der Waals surface area contributed by atoms with Crippen molar-refractivity contribution in [3.8, 4) is 0 Å². The lowest BCUT2D eigenvalue weighted by Gasteiger charge is -2.35.